The second-order valence-corrected chi connectivity index (χ2v) is 5.29. The molecule has 1 N–H and O–H groups in total. The molecule has 0 rings (SSSR count). The minimum absolute atomic E-state index is 0.132. The molecule has 0 saturated carbocycles. The molecule has 5 heteroatoms. The van der Waals surface area contributed by atoms with Crippen LogP contribution in [0.15, 0.2) is 0 Å². The normalized spacial score (nSPS) is 13.2. The van der Waals surface area contributed by atoms with Crippen LogP contribution in [0.4, 0.5) is 0 Å². The lowest BCUT2D eigenvalue weighted by atomic mass is 10.2. The molecule has 0 unspecified atom stereocenters. The third kappa shape index (κ3) is 9.81. The highest BCUT2D eigenvalue weighted by Gasteiger charge is 2.24. The molecule has 0 heterocycles. The molecule has 0 aliphatic carbocycles. The average molecular weight is 246 g/mol. The van der Waals surface area contributed by atoms with Crippen LogP contribution in [0.5, 0.6) is 0 Å². The summed E-state index contributed by atoms with van der Waals surface area (Å²) in [5.41, 5.74) is 0. The molecule has 1 atom stereocenters. The van der Waals surface area contributed by atoms with Crippen molar-refractivity contribution in [3.05, 3.63) is 0 Å². The van der Waals surface area contributed by atoms with Gasteiger partial charge in [0.25, 0.3) is 0 Å². The number of carbonyl (C=O) groups is 2. The zero-order valence-corrected chi connectivity index (χ0v) is 11.2. The van der Waals surface area contributed by atoms with Gasteiger partial charge in [-0.05, 0) is 6.42 Å². The van der Waals surface area contributed by atoms with E-state index in [1.165, 1.54) is 0 Å². The van der Waals surface area contributed by atoms with Gasteiger partial charge in [-0.25, -0.2) is 0 Å². The first-order chi connectivity index (χ1) is 7.74. The number of quaternary nitrogens is 1. The summed E-state index contributed by atoms with van der Waals surface area (Å²) in [6.07, 6.45) is 1.39. The maximum atomic E-state index is 11.5. The summed E-state index contributed by atoms with van der Waals surface area (Å²) in [6, 6.07) is 0. The molecule has 0 saturated heterocycles. The van der Waals surface area contributed by atoms with Gasteiger partial charge in [-0.2, -0.15) is 0 Å². The van der Waals surface area contributed by atoms with Crippen LogP contribution in [0.1, 0.15) is 32.6 Å². The fraction of sp³-hybridized carbons (Fsp3) is 0.833. The molecule has 0 aromatic heterocycles. The number of carboxylic acids is 1. The van der Waals surface area contributed by atoms with Gasteiger partial charge in [-0.1, -0.05) is 13.3 Å². The number of aliphatic carboxylic acids is 1. The summed E-state index contributed by atoms with van der Waals surface area (Å²) in [6.45, 7) is 2.50. The SMILES string of the molecule is CCCCC(=O)O[C@H](CC(=O)O)C[N+](C)(C)C. The smallest absolute Gasteiger partial charge is 0.307 e. The number of likely N-dealkylation sites (N-methyl/N-ethyl adjacent to an activating group) is 1. The highest BCUT2D eigenvalue weighted by molar-refractivity contribution is 5.71. The third-order valence-electron chi connectivity index (χ3n) is 2.19. The van der Waals surface area contributed by atoms with Crippen molar-refractivity contribution in [1.29, 1.82) is 0 Å². The Kier molecular flexibility index (Phi) is 6.80. The lowest BCUT2D eigenvalue weighted by Crippen LogP contribution is -2.43. The minimum Gasteiger partial charge on any atom is -0.481 e. The summed E-state index contributed by atoms with van der Waals surface area (Å²) < 4.78 is 5.77. The first kappa shape index (κ1) is 15.9. The zero-order chi connectivity index (χ0) is 13.5. The van der Waals surface area contributed by atoms with E-state index >= 15 is 0 Å². The Morgan fingerprint density at radius 2 is 1.88 bits per heavy atom. The molecular weight excluding hydrogens is 222 g/mol. The quantitative estimate of drug-likeness (QED) is 0.517. The summed E-state index contributed by atoms with van der Waals surface area (Å²) in [7, 11) is 5.82. The van der Waals surface area contributed by atoms with Crippen LogP contribution in [-0.4, -0.2) is 55.3 Å². The Balaban J connectivity index is 4.28. The molecule has 0 aliphatic heterocycles. The number of carboxylic acid groups (broad SMARTS) is 1. The van der Waals surface area contributed by atoms with Gasteiger partial charge in [0, 0.05) is 6.42 Å². The number of unbranched alkanes of at least 4 members (excludes halogenated alkanes) is 1. The predicted octanol–water partition coefficient (Wildman–Crippen LogP) is 1.27. The Bertz CT molecular complexity index is 258. The summed E-state index contributed by atoms with van der Waals surface area (Å²) in [5.74, 6) is -1.24. The fourth-order valence-corrected chi connectivity index (χ4v) is 1.52. The lowest BCUT2D eigenvalue weighted by molar-refractivity contribution is -0.873. The topological polar surface area (TPSA) is 63.6 Å². The van der Waals surface area contributed by atoms with E-state index in [1.54, 1.807) is 0 Å². The minimum atomic E-state index is -0.938. The first-order valence-electron chi connectivity index (χ1n) is 5.96. The predicted molar refractivity (Wildman–Crippen MR) is 64.6 cm³/mol. The average Bonchev–Trinajstić information content (AvgIpc) is 2.10. The number of rotatable bonds is 8. The van der Waals surface area contributed by atoms with Gasteiger partial charge in [0.15, 0.2) is 6.10 Å². The van der Waals surface area contributed by atoms with Crippen molar-refractivity contribution in [2.24, 2.45) is 0 Å². The maximum Gasteiger partial charge on any atom is 0.307 e. The van der Waals surface area contributed by atoms with Crippen LogP contribution in [0.3, 0.4) is 0 Å². The Labute approximate surface area is 103 Å². The Hall–Kier alpha value is -1.10. The van der Waals surface area contributed by atoms with E-state index in [9.17, 15) is 9.59 Å². The largest absolute Gasteiger partial charge is 0.481 e. The molecule has 17 heavy (non-hydrogen) atoms. The zero-order valence-electron chi connectivity index (χ0n) is 11.2. The standard InChI is InChI=1S/C12H23NO4/c1-5-6-7-12(16)17-10(8-11(14)15)9-13(2,3)4/h10H,5-9H2,1-4H3/p+1/t10-/m1/s1. The van der Waals surface area contributed by atoms with Crippen LogP contribution in [0, 0.1) is 0 Å². The van der Waals surface area contributed by atoms with Crippen molar-refractivity contribution in [2.45, 2.75) is 38.7 Å². The van der Waals surface area contributed by atoms with Gasteiger partial charge in [-0.3, -0.25) is 9.59 Å². The molecule has 0 aliphatic rings. The molecule has 0 amide bonds. The summed E-state index contributed by atoms with van der Waals surface area (Å²) >= 11 is 0. The first-order valence-corrected chi connectivity index (χ1v) is 5.96. The van der Waals surface area contributed by atoms with E-state index in [2.05, 4.69) is 0 Å². The van der Waals surface area contributed by atoms with Crippen LogP contribution < -0.4 is 0 Å². The third-order valence-corrected chi connectivity index (χ3v) is 2.19. The van der Waals surface area contributed by atoms with Crippen molar-refractivity contribution >= 4 is 11.9 Å². The summed E-state index contributed by atoms with van der Waals surface area (Å²) in [5, 5.41) is 8.77. The molecule has 0 aromatic carbocycles. The molecule has 0 spiro atoms. The Morgan fingerprint density at radius 1 is 1.29 bits per heavy atom. The second-order valence-electron chi connectivity index (χ2n) is 5.29. The van der Waals surface area contributed by atoms with Crippen molar-refractivity contribution in [3.63, 3.8) is 0 Å². The number of ether oxygens (including phenoxy) is 1. The van der Waals surface area contributed by atoms with E-state index in [-0.39, 0.29) is 12.4 Å². The molecule has 100 valence electrons. The van der Waals surface area contributed by atoms with Crippen molar-refractivity contribution < 1.29 is 23.9 Å². The number of carbonyl (C=O) groups excluding carboxylic acids is 1. The Morgan fingerprint density at radius 3 is 2.29 bits per heavy atom. The van der Waals surface area contributed by atoms with Crippen LogP contribution in [0.25, 0.3) is 0 Å². The number of hydrogen-bond acceptors (Lipinski definition) is 3. The van der Waals surface area contributed by atoms with Gasteiger partial charge < -0.3 is 14.3 Å². The van der Waals surface area contributed by atoms with Crippen molar-refractivity contribution in [1.82, 2.24) is 0 Å². The van der Waals surface area contributed by atoms with E-state index < -0.39 is 12.1 Å². The lowest BCUT2D eigenvalue weighted by Gasteiger charge is -2.28. The van der Waals surface area contributed by atoms with Crippen molar-refractivity contribution in [2.75, 3.05) is 27.7 Å². The highest BCUT2D eigenvalue weighted by atomic mass is 16.5. The van der Waals surface area contributed by atoms with Crippen LogP contribution in [-0.2, 0) is 14.3 Å². The van der Waals surface area contributed by atoms with E-state index in [0.717, 1.165) is 12.8 Å². The second kappa shape index (κ2) is 7.27. The molecule has 5 nitrogen and oxygen atoms in total. The van der Waals surface area contributed by atoms with E-state index in [0.29, 0.717) is 17.4 Å². The van der Waals surface area contributed by atoms with E-state index in [1.807, 2.05) is 28.1 Å². The molecule has 0 bridgehead atoms. The fourth-order valence-electron chi connectivity index (χ4n) is 1.52. The molecule has 0 radical (unpaired) electrons. The highest BCUT2D eigenvalue weighted by Crippen LogP contribution is 2.07. The van der Waals surface area contributed by atoms with Crippen LogP contribution in [0.2, 0.25) is 0 Å². The monoisotopic (exact) mass is 246 g/mol. The molecule has 0 aromatic rings. The number of esters is 1. The van der Waals surface area contributed by atoms with Gasteiger partial charge >= 0.3 is 11.9 Å². The maximum absolute atomic E-state index is 11.5. The summed E-state index contributed by atoms with van der Waals surface area (Å²) in [4.78, 5) is 22.2. The molecular formula is C12H24NO4+. The van der Waals surface area contributed by atoms with Crippen molar-refractivity contribution in [3.8, 4) is 0 Å². The number of hydrogen-bond donors (Lipinski definition) is 1. The van der Waals surface area contributed by atoms with E-state index in [4.69, 9.17) is 9.84 Å². The number of nitrogens with zero attached hydrogens (tertiary/aromatic N) is 1. The molecule has 0 fully saturated rings. The van der Waals surface area contributed by atoms with Gasteiger partial charge in [-0.15, -0.1) is 0 Å². The van der Waals surface area contributed by atoms with Gasteiger partial charge in [0.2, 0.25) is 0 Å². The van der Waals surface area contributed by atoms with Crippen LogP contribution >= 0.6 is 0 Å². The van der Waals surface area contributed by atoms with Gasteiger partial charge in [0.05, 0.1) is 27.6 Å². The van der Waals surface area contributed by atoms with Gasteiger partial charge in [0.1, 0.15) is 6.54 Å².